The Morgan fingerprint density at radius 1 is 1.24 bits per heavy atom. The summed E-state index contributed by atoms with van der Waals surface area (Å²) >= 11 is 0. The molecule has 0 radical (unpaired) electrons. The number of hydrogen-bond acceptors (Lipinski definition) is 5. The van der Waals surface area contributed by atoms with Crippen LogP contribution in [0.2, 0.25) is 0 Å². The first kappa shape index (κ1) is 17.3. The van der Waals surface area contributed by atoms with Crippen molar-refractivity contribution in [1.29, 1.82) is 0 Å². The fraction of sp³-hybridized carbons (Fsp3) is 0.421. The lowest BCUT2D eigenvalue weighted by atomic mass is 9.77. The minimum atomic E-state index is -0.226. The van der Waals surface area contributed by atoms with E-state index in [1.165, 1.54) is 12.1 Å². The van der Waals surface area contributed by atoms with E-state index < -0.39 is 0 Å². The van der Waals surface area contributed by atoms with Crippen LogP contribution in [0.4, 0.5) is 10.1 Å². The summed E-state index contributed by atoms with van der Waals surface area (Å²) in [6.07, 6.45) is 3.12. The van der Waals surface area contributed by atoms with Crippen LogP contribution >= 0.6 is 0 Å². The van der Waals surface area contributed by atoms with Gasteiger partial charge in [-0.2, -0.15) is 0 Å². The normalized spacial score (nSPS) is 16.7. The first-order chi connectivity index (χ1) is 11.9. The standard InChI is InChI=1S/C19H22FN3O2/c1-13-18(25)16(12-24)22-17(21-13)11-19(2)7-9-23(10-8-19)15-5-3-14(20)4-6-15/h3-6,12,25H,7-11H2,1-2H3. The molecule has 0 amide bonds. The number of aldehydes is 1. The number of benzene rings is 1. The molecule has 25 heavy (non-hydrogen) atoms. The van der Waals surface area contributed by atoms with Crippen molar-refractivity contribution in [2.45, 2.75) is 33.1 Å². The Morgan fingerprint density at radius 2 is 1.88 bits per heavy atom. The number of halogens is 1. The third-order valence-corrected chi connectivity index (χ3v) is 4.99. The lowest BCUT2D eigenvalue weighted by Crippen LogP contribution is -2.40. The van der Waals surface area contributed by atoms with E-state index in [0.717, 1.165) is 31.6 Å². The van der Waals surface area contributed by atoms with E-state index >= 15 is 0 Å². The number of piperidine rings is 1. The molecule has 1 saturated heterocycles. The molecule has 1 N–H and O–H groups in total. The smallest absolute Gasteiger partial charge is 0.172 e. The van der Waals surface area contributed by atoms with Crippen LogP contribution in [-0.4, -0.2) is 34.5 Å². The summed E-state index contributed by atoms with van der Waals surface area (Å²) < 4.78 is 13.1. The Balaban J connectivity index is 1.69. The molecule has 0 unspecified atom stereocenters. The van der Waals surface area contributed by atoms with Gasteiger partial charge in [0.2, 0.25) is 0 Å². The highest BCUT2D eigenvalue weighted by molar-refractivity contribution is 5.76. The van der Waals surface area contributed by atoms with Crippen molar-refractivity contribution in [3.8, 4) is 5.75 Å². The molecular formula is C19H22FN3O2. The van der Waals surface area contributed by atoms with Gasteiger partial charge in [0.15, 0.2) is 12.0 Å². The fourth-order valence-electron chi connectivity index (χ4n) is 3.33. The van der Waals surface area contributed by atoms with Gasteiger partial charge in [0.05, 0.1) is 5.69 Å². The number of anilines is 1. The monoisotopic (exact) mass is 343 g/mol. The quantitative estimate of drug-likeness (QED) is 0.863. The van der Waals surface area contributed by atoms with Gasteiger partial charge in [0, 0.05) is 25.2 Å². The zero-order valence-corrected chi connectivity index (χ0v) is 14.5. The van der Waals surface area contributed by atoms with Crippen LogP contribution in [0.1, 0.15) is 41.8 Å². The Bertz CT molecular complexity index is 769. The Morgan fingerprint density at radius 3 is 2.48 bits per heavy atom. The number of nitrogens with zero attached hydrogens (tertiary/aromatic N) is 3. The van der Waals surface area contributed by atoms with Crippen molar-refractivity contribution in [3.05, 3.63) is 47.3 Å². The summed E-state index contributed by atoms with van der Waals surface area (Å²) in [4.78, 5) is 21.8. The summed E-state index contributed by atoms with van der Waals surface area (Å²) in [5.41, 5.74) is 1.54. The number of rotatable bonds is 4. The number of aromatic nitrogens is 2. The molecule has 132 valence electrons. The maximum atomic E-state index is 13.1. The van der Waals surface area contributed by atoms with Gasteiger partial charge in [0.1, 0.15) is 17.3 Å². The molecule has 0 spiro atoms. The van der Waals surface area contributed by atoms with Crippen molar-refractivity contribution in [3.63, 3.8) is 0 Å². The average Bonchev–Trinajstić information content (AvgIpc) is 2.59. The van der Waals surface area contributed by atoms with Gasteiger partial charge in [0.25, 0.3) is 0 Å². The van der Waals surface area contributed by atoms with E-state index in [1.54, 1.807) is 19.1 Å². The lowest BCUT2D eigenvalue weighted by molar-refractivity contribution is 0.111. The molecule has 1 aromatic heterocycles. The fourth-order valence-corrected chi connectivity index (χ4v) is 3.33. The highest BCUT2D eigenvalue weighted by Gasteiger charge is 2.31. The van der Waals surface area contributed by atoms with Gasteiger partial charge in [-0.15, -0.1) is 0 Å². The molecule has 2 aromatic rings. The lowest BCUT2D eigenvalue weighted by Gasteiger charge is -2.40. The van der Waals surface area contributed by atoms with Crippen molar-refractivity contribution in [1.82, 2.24) is 9.97 Å². The van der Waals surface area contributed by atoms with Crippen LogP contribution < -0.4 is 4.90 Å². The average molecular weight is 343 g/mol. The summed E-state index contributed by atoms with van der Waals surface area (Å²) in [6, 6.07) is 6.58. The van der Waals surface area contributed by atoms with Gasteiger partial charge < -0.3 is 10.0 Å². The second-order valence-corrected chi connectivity index (χ2v) is 7.03. The van der Waals surface area contributed by atoms with Crippen LogP contribution in [0.25, 0.3) is 0 Å². The predicted molar refractivity (Wildman–Crippen MR) is 93.5 cm³/mol. The number of carbonyl (C=O) groups excluding carboxylic acids is 1. The molecule has 0 bridgehead atoms. The van der Waals surface area contributed by atoms with Crippen molar-refractivity contribution < 1.29 is 14.3 Å². The summed E-state index contributed by atoms with van der Waals surface area (Å²) in [5, 5.41) is 9.78. The highest BCUT2D eigenvalue weighted by atomic mass is 19.1. The predicted octanol–water partition coefficient (Wildman–Crippen LogP) is 3.29. The topological polar surface area (TPSA) is 66.3 Å². The second-order valence-electron chi connectivity index (χ2n) is 7.03. The number of aryl methyl sites for hydroxylation is 1. The molecule has 3 rings (SSSR count). The van der Waals surface area contributed by atoms with Gasteiger partial charge in [-0.05, 0) is 49.4 Å². The number of aromatic hydroxyl groups is 1. The summed E-state index contributed by atoms with van der Waals surface area (Å²) in [5.74, 6) is 0.224. The zero-order valence-electron chi connectivity index (χ0n) is 14.5. The van der Waals surface area contributed by atoms with Crippen molar-refractivity contribution in [2.24, 2.45) is 5.41 Å². The number of carbonyl (C=O) groups is 1. The number of hydrogen-bond donors (Lipinski definition) is 1. The van der Waals surface area contributed by atoms with E-state index in [1.807, 2.05) is 0 Å². The Labute approximate surface area is 146 Å². The van der Waals surface area contributed by atoms with E-state index in [9.17, 15) is 14.3 Å². The molecule has 6 heteroatoms. The van der Waals surface area contributed by atoms with E-state index in [2.05, 4.69) is 21.8 Å². The minimum Gasteiger partial charge on any atom is -0.504 e. The maximum Gasteiger partial charge on any atom is 0.172 e. The summed E-state index contributed by atoms with van der Waals surface area (Å²) in [6.45, 7) is 5.62. The molecule has 0 aliphatic carbocycles. The molecule has 1 fully saturated rings. The van der Waals surface area contributed by atoms with Crippen LogP contribution in [0.5, 0.6) is 5.75 Å². The minimum absolute atomic E-state index is 0.0279. The van der Waals surface area contributed by atoms with Gasteiger partial charge in [-0.3, -0.25) is 4.79 Å². The van der Waals surface area contributed by atoms with Crippen molar-refractivity contribution >= 4 is 12.0 Å². The van der Waals surface area contributed by atoms with Gasteiger partial charge in [-0.1, -0.05) is 6.92 Å². The van der Waals surface area contributed by atoms with Crippen LogP contribution in [0.3, 0.4) is 0 Å². The van der Waals surface area contributed by atoms with Gasteiger partial charge in [-0.25, -0.2) is 14.4 Å². The first-order valence-corrected chi connectivity index (χ1v) is 8.42. The third-order valence-electron chi connectivity index (χ3n) is 4.99. The Kier molecular flexibility index (Phi) is 4.70. The molecule has 0 saturated carbocycles. The maximum absolute atomic E-state index is 13.1. The van der Waals surface area contributed by atoms with E-state index in [-0.39, 0.29) is 22.7 Å². The first-order valence-electron chi connectivity index (χ1n) is 8.42. The van der Waals surface area contributed by atoms with Crippen molar-refractivity contribution in [2.75, 3.05) is 18.0 Å². The molecule has 2 heterocycles. The SMILES string of the molecule is Cc1nc(CC2(C)CCN(c3ccc(F)cc3)CC2)nc(C=O)c1O. The molecule has 5 nitrogen and oxygen atoms in total. The second kappa shape index (κ2) is 6.78. The largest absolute Gasteiger partial charge is 0.504 e. The Hall–Kier alpha value is -2.50. The summed E-state index contributed by atoms with van der Waals surface area (Å²) in [7, 11) is 0. The van der Waals surface area contributed by atoms with E-state index in [0.29, 0.717) is 24.2 Å². The molecule has 1 aromatic carbocycles. The molecule has 0 atom stereocenters. The van der Waals surface area contributed by atoms with E-state index in [4.69, 9.17) is 0 Å². The molecule has 1 aliphatic heterocycles. The molecular weight excluding hydrogens is 321 g/mol. The molecule has 1 aliphatic rings. The zero-order chi connectivity index (χ0) is 18.0. The highest BCUT2D eigenvalue weighted by Crippen LogP contribution is 2.36. The van der Waals surface area contributed by atoms with Crippen LogP contribution in [0, 0.1) is 18.2 Å². The van der Waals surface area contributed by atoms with Gasteiger partial charge >= 0.3 is 0 Å². The van der Waals surface area contributed by atoms with Crippen LogP contribution in [-0.2, 0) is 6.42 Å². The van der Waals surface area contributed by atoms with Crippen LogP contribution in [0.15, 0.2) is 24.3 Å². The third kappa shape index (κ3) is 3.78.